The summed E-state index contributed by atoms with van der Waals surface area (Å²) in [5.74, 6) is -3.72. The predicted molar refractivity (Wildman–Crippen MR) is 171 cm³/mol. The lowest BCUT2D eigenvalue weighted by Crippen LogP contribution is -2.37. The van der Waals surface area contributed by atoms with Crippen LogP contribution in [0.1, 0.15) is 41.2 Å². The fourth-order valence-electron chi connectivity index (χ4n) is 6.68. The van der Waals surface area contributed by atoms with Gasteiger partial charge in [0.15, 0.2) is 0 Å². The van der Waals surface area contributed by atoms with Gasteiger partial charge in [-0.25, -0.2) is 41.7 Å². The molecule has 50 heavy (non-hydrogen) atoms. The number of carboxylic acids is 1. The number of benzene rings is 2. The first-order chi connectivity index (χ1) is 23.8. The van der Waals surface area contributed by atoms with Gasteiger partial charge in [-0.2, -0.15) is 10.2 Å². The van der Waals surface area contributed by atoms with Crippen molar-refractivity contribution in [1.29, 1.82) is 0 Å². The summed E-state index contributed by atoms with van der Waals surface area (Å²) in [6, 6.07) is 3.33. The smallest absolute Gasteiger partial charge is 0.341 e. The Balaban J connectivity index is 0.000000162. The van der Waals surface area contributed by atoms with Gasteiger partial charge in [-0.1, -0.05) is 17.7 Å². The lowest BCUT2D eigenvalue weighted by atomic mass is 9.93. The number of fused-ring (bicyclic) bond motifs is 1. The molecule has 1 saturated heterocycles. The van der Waals surface area contributed by atoms with Gasteiger partial charge in [-0.15, -0.1) is 0 Å². The zero-order valence-corrected chi connectivity index (χ0v) is 26.9. The van der Waals surface area contributed by atoms with Gasteiger partial charge in [0.1, 0.15) is 60.1 Å². The molecule has 13 nitrogen and oxygen atoms in total. The first-order valence-electron chi connectivity index (χ1n) is 15.6. The van der Waals surface area contributed by atoms with Gasteiger partial charge < -0.3 is 25.4 Å². The molecule has 5 aromatic rings. The fraction of sp³-hybridized carbons (Fsp3) is 0.375. The summed E-state index contributed by atoms with van der Waals surface area (Å²) in [5, 5.41) is 27.9. The number of hydrogen-bond donors (Lipinski definition) is 3. The highest BCUT2D eigenvalue weighted by Crippen LogP contribution is 2.54. The van der Waals surface area contributed by atoms with Crippen LogP contribution in [0.3, 0.4) is 0 Å². The van der Waals surface area contributed by atoms with Crippen LogP contribution in [0, 0.1) is 22.9 Å². The summed E-state index contributed by atoms with van der Waals surface area (Å²) in [7, 11) is 0. The van der Waals surface area contributed by atoms with Crippen LogP contribution in [-0.4, -0.2) is 75.6 Å². The molecule has 2 aromatic carbocycles. The Morgan fingerprint density at radius 3 is 2.20 bits per heavy atom. The number of pyridine rings is 1. The van der Waals surface area contributed by atoms with Gasteiger partial charge in [0, 0.05) is 48.8 Å². The van der Waals surface area contributed by atoms with Crippen LogP contribution in [0.25, 0.3) is 10.9 Å². The van der Waals surface area contributed by atoms with E-state index in [0.717, 1.165) is 37.2 Å². The largest absolute Gasteiger partial charge is 0.477 e. The topological polar surface area (TPSA) is 170 Å². The molecule has 1 aliphatic heterocycles. The lowest BCUT2D eigenvalue weighted by Gasteiger charge is -2.28. The van der Waals surface area contributed by atoms with E-state index in [4.69, 9.17) is 17.3 Å². The Hall–Kier alpha value is -4.87. The summed E-state index contributed by atoms with van der Waals surface area (Å²) in [6.45, 7) is 0.864. The predicted octanol–water partition coefficient (Wildman–Crippen LogP) is 3.44. The molecule has 4 heterocycles. The molecule has 1 spiro atoms. The molecule has 3 aromatic heterocycles. The third-order valence-corrected chi connectivity index (χ3v) is 9.94. The maximum Gasteiger partial charge on any atom is 0.341 e. The monoisotopic (exact) mass is 715 g/mol. The molecule has 8 rings (SSSR count). The Kier molecular flexibility index (Phi) is 8.39. The molecule has 3 aliphatic rings. The second kappa shape index (κ2) is 12.5. The van der Waals surface area contributed by atoms with Gasteiger partial charge in [-0.05, 0) is 25.0 Å². The normalized spacial score (nSPS) is 20.6. The molecule has 3 fully saturated rings. The number of alkyl halides is 1. The molecule has 0 amide bonds. The lowest BCUT2D eigenvalue weighted by molar-refractivity contribution is -0.00856. The van der Waals surface area contributed by atoms with Crippen molar-refractivity contribution in [3.05, 3.63) is 99.6 Å². The summed E-state index contributed by atoms with van der Waals surface area (Å²) < 4.78 is 60.2. The van der Waals surface area contributed by atoms with Crippen molar-refractivity contribution < 1.29 is 32.6 Å². The minimum atomic E-state index is -1.70. The molecule has 1 unspecified atom stereocenters. The average molecular weight is 716 g/mol. The van der Waals surface area contributed by atoms with Crippen molar-refractivity contribution in [2.24, 2.45) is 11.1 Å². The van der Waals surface area contributed by atoms with Crippen LogP contribution in [0.15, 0.2) is 60.6 Å². The van der Waals surface area contributed by atoms with Crippen molar-refractivity contribution in [2.45, 2.75) is 56.2 Å². The highest BCUT2D eigenvalue weighted by molar-refractivity contribution is 6.38. The molecule has 3 atom stereocenters. The molecule has 0 bridgehead atoms. The Bertz CT molecular complexity index is 2110. The van der Waals surface area contributed by atoms with Crippen molar-refractivity contribution in [3.8, 4) is 0 Å². The molecule has 2 aliphatic carbocycles. The number of anilines is 1. The summed E-state index contributed by atoms with van der Waals surface area (Å²) in [5.41, 5.74) is 3.40. The minimum Gasteiger partial charge on any atom is -0.477 e. The van der Waals surface area contributed by atoms with E-state index in [-0.39, 0.29) is 58.1 Å². The molecule has 4 N–H and O–H groups in total. The first-order valence-corrected chi connectivity index (χ1v) is 16.0. The van der Waals surface area contributed by atoms with Crippen LogP contribution in [0.4, 0.5) is 23.2 Å². The van der Waals surface area contributed by atoms with Gasteiger partial charge in [0.05, 0.1) is 40.7 Å². The van der Waals surface area contributed by atoms with E-state index in [9.17, 15) is 33.0 Å². The van der Waals surface area contributed by atoms with Crippen LogP contribution >= 0.6 is 11.6 Å². The van der Waals surface area contributed by atoms with E-state index in [1.807, 2.05) is 0 Å². The van der Waals surface area contributed by atoms with E-state index in [1.54, 1.807) is 4.90 Å². The average Bonchev–Trinajstić information content (AvgIpc) is 3.76. The number of halogens is 5. The van der Waals surface area contributed by atoms with Crippen molar-refractivity contribution in [2.75, 3.05) is 18.0 Å². The molecule has 18 heteroatoms. The molecule has 262 valence electrons. The fourth-order valence-corrected chi connectivity index (χ4v) is 7.09. The number of nitrogens with zero attached hydrogens (tertiary/aromatic N) is 8. The van der Waals surface area contributed by atoms with Crippen LogP contribution in [0.2, 0.25) is 5.02 Å². The summed E-state index contributed by atoms with van der Waals surface area (Å²) in [6.07, 6.45) is 7.51. The zero-order chi connectivity index (χ0) is 35.5. The number of aliphatic hydroxyl groups is 1. The van der Waals surface area contributed by atoms with Gasteiger partial charge >= 0.3 is 5.97 Å². The Labute approximate surface area is 285 Å². The van der Waals surface area contributed by atoms with E-state index in [1.165, 1.54) is 45.3 Å². The first kappa shape index (κ1) is 33.6. The molecule has 2 saturated carbocycles. The molecular weight excluding hydrogens is 686 g/mol. The number of carbonyl (C=O) groups is 1. The summed E-state index contributed by atoms with van der Waals surface area (Å²) in [4.78, 5) is 33.4. The number of aromatic carboxylic acids is 1. The van der Waals surface area contributed by atoms with Crippen LogP contribution in [0.5, 0.6) is 0 Å². The highest BCUT2D eigenvalue weighted by Gasteiger charge is 2.54. The summed E-state index contributed by atoms with van der Waals surface area (Å²) >= 11 is 6.56. The quantitative estimate of drug-likeness (QED) is 0.202. The van der Waals surface area contributed by atoms with Crippen molar-refractivity contribution in [3.63, 3.8) is 0 Å². The van der Waals surface area contributed by atoms with E-state index < -0.39 is 52.2 Å². The number of carboxylic acid groups (broad SMARTS) is 1. The molecule has 0 radical (unpaired) electrons. The van der Waals surface area contributed by atoms with Crippen molar-refractivity contribution in [1.82, 2.24) is 34.1 Å². The van der Waals surface area contributed by atoms with Crippen molar-refractivity contribution >= 4 is 34.2 Å². The highest BCUT2D eigenvalue weighted by atomic mass is 35.5. The third-order valence-electron chi connectivity index (χ3n) is 9.58. The Morgan fingerprint density at radius 1 is 1.06 bits per heavy atom. The van der Waals surface area contributed by atoms with Gasteiger partial charge in [0.25, 0.3) is 0 Å². The minimum absolute atomic E-state index is 0.00645. The van der Waals surface area contributed by atoms with E-state index >= 15 is 4.39 Å². The Morgan fingerprint density at radius 2 is 1.70 bits per heavy atom. The number of rotatable bonds is 8. The zero-order valence-electron chi connectivity index (χ0n) is 26.1. The SMILES string of the molecule is N[C@@H]1CN(c2c(F)cc3c(=O)c(C(=O)O)cn(C4C[C@@H]4F)c3c2Cl)CC12CC2.OC(Cn1cncn1)(Cn1cncn1)c1ccc(F)cc1F. The second-order valence-corrected chi connectivity index (χ2v) is 13.4. The maximum absolute atomic E-state index is 15.0. The molecular formula is C32H30ClF4N9O4. The van der Waals surface area contributed by atoms with Crippen LogP contribution in [-0.2, 0) is 18.7 Å². The van der Waals surface area contributed by atoms with Gasteiger partial charge in [-0.3, -0.25) is 4.79 Å². The maximum atomic E-state index is 15.0. The van der Waals surface area contributed by atoms with E-state index in [0.29, 0.717) is 13.1 Å². The van der Waals surface area contributed by atoms with Gasteiger partial charge in [0.2, 0.25) is 5.43 Å². The standard InChI is InChI=1S/C19H18ClF2N3O3.C13H12F2N6O/c20-14-15-8(17(26)9(18(27)28)5-25(15)12-4-10(12)21)3-11(22)16(14)24-6-13(23)19(7-24)1-2-19;14-10-1-2-11(12(15)3-10)13(22,4-20-8-16-6-18-20)5-21-9-17-7-19-21/h3,5,10,12-13H,1-2,4,6-7,23H2,(H,27,28);1-3,6-9,22H,4-5H2/t10-,12?,13+;/m0./s1. The third kappa shape index (κ3) is 6.09. The number of hydrogen-bond acceptors (Lipinski definition) is 9. The number of nitrogens with two attached hydrogens (primary N) is 1. The second-order valence-electron chi connectivity index (χ2n) is 13.0. The number of aromatic nitrogens is 7. The van der Waals surface area contributed by atoms with E-state index in [2.05, 4.69) is 20.2 Å². The van der Waals surface area contributed by atoms with Crippen LogP contribution < -0.4 is 16.1 Å².